The van der Waals surface area contributed by atoms with E-state index in [0.717, 1.165) is 5.69 Å². The minimum atomic E-state index is -0.968. The van der Waals surface area contributed by atoms with E-state index in [0.29, 0.717) is 11.3 Å². The topological polar surface area (TPSA) is 67.5 Å². The highest BCUT2D eigenvalue weighted by Gasteiger charge is 2.16. The Kier molecular flexibility index (Phi) is 1.73. The zero-order chi connectivity index (χ0) is 10.3. The lowest BCUT2D eigenvalue weighted by molar-refractivity contribution is 0.0688. The van der Waals surface area contributed by atoms with E-state index in [-0.39, 0.29) is 5.69 Å². The molecule has 0 aliphatic heterocycles. The second kappa shape index (κ2) is 2.80. The molecule has 2 rings (SSSR count). The Bertz CT molecular complexity index is 516. The van der Waals surface area contributed by atoms with Gasteiger partial charge in [0.2, 0.25) is 0 Å². The second-order valence-electron chi connectivity index (χ2n) is 3.09. The molecular formula is C9H9N3O2. The van der Waals surface area contributed by atoms with E-state index in [1.54, 1.807) is 30.6 Å². The van der Waals surface area contributed by atoms with Gasteiger partial charge in [0.05, 0.1) is 11.9 Å². The number of carboxylic acid groups (broad SMARTS) is 1. The smallest absolute Gasteiger partial charge is 0.354 e. The standard InChI is InChI=1S/C9H9N3O2/c1-5-3-10-4-7-11-6(2)8(9(13)14)12(5)7/h3-4H,1-2H3,(H,13,14). The van der Waals surface area contributed by atoms with Crippen LogP contribution in [0.15, 0.2) is 12.4 Å². The SMILES string of the molecule is Cc1nc2cncc(C)n2c1C(=O)O. The van der Waals surface area contributed by atoms with E-state index in [1.165, 1.54) is 0 Å². The van der Waals surface area contributed by atoms with Crippen molar-refractivity contribution in [3.8, 4) is 0 Å². The van der Waals surface area contributed by atoms with Gasteiger partial charge in [0, 0.05) is 11.9 Å². The molecule has 0 radical (unpaired) electrons. The summed E-state index contributed by atoms with van der Waals surface area (Å²) in [4.78, 5) is 19.0. The summed E-state index contributed by atoms with van der Waals surface area (Å²) in [5, 5.41) is 9.00. The highest BCUT2D eigenvalue weighted by Crippen LogP contribution is 2.13. The van der Waals surface area contributed by atoms with Crippen molar-refractivity contribution in [2.24, 2.45) is 0 Å². The molecule has 0 aliphatic carbocycles. The van der Waals surface area contributed by atoms with Crippen LogP contribution >= 0.6 is 0 Å². The monoisotopic (exact) mass is 191 g/mol. The molecule has 0 saturated carbocycles. The summed E-state index contributed by atoms with van der Waals surface area (Å²) in [5.74, 6) is -0.968. The molecule has 0 aromatic carbocycles. The van der Waals surface area contributed by atoms with Gasteiger partial charge in [-0.1, -0.05) is 0 Å². The van der Waals surface area contributed by atoms with Crippen LogP contribution in [0.2, 0.25) is 0 Å². The molecule has 0 saturated heterocycles. The zero-order valence-electron chi connectivity index (χ0n) is 7.85. The van der Waals surface area contributed by atoms with Gasteiger partial charge >= 0.3 is 5.97 Å². The maximum Gasteiger partial charge on any atom is 0.354 e. The lowest BCUT2D eigenvalue weighted by Crippen LogP contribution is -2.05. The number of aromatic carboxylic acids is 1. The zero-order valence-corrected chi connectivity index (χ0v) is 7.85. The van der Waals surface area contributed by atoms with Gasteiger partial charge in [0.15, 0.2) is 11.3 Å². The largest absolute Gasteiger partial charge is 0.477 e. The van der Waals surface area contributed by atoms with Gasteiger partial charge in [0.25, 0.3) is 0 Å². The average Bonchev–Trinajstić information content (AvgIpc) is 2.42. The molecule has 2 aromatic rings. The number of carbonyl (C=O) groups is 1. The molecule has 14 heavy (non-hydrogen) atoms. The van der Waals surface area contributed by atoms with Crippen molar-refractivity contribution in [2.45, 2.75) is 13.8 Å². The van der Waals surface area contributed by atoms with E-state index in [2.05, 4.69) is 9.97 Å². The van der Waals surface area contributed by atoms with Crippen LogP contribution in [0, 0.1) is 13.8 Å². The third-order valence-electron chi connectivity index (χ3n) is 2.08. The Balaban J connectivity index is 2.93. The first-order chi connectivity index (χ1) is 6.61. The molecule has 72 valence electrons. The van der Waals surface area contributed by atoms with Crippen LogP contribution < -0.4 is 0 Å². The highest BCUT2D eigenvalue weighted by molar-refractivity contribution is 5.88. The number of aryl methyl sites for hydroxylation is 2. The van der Waals surface area contributed by atoms with Crippen molar-refractivity contribution in [3.05, 3.63) is 29.5 Å². The van der Waals surface area contributed by atoms with Gasteiger partial charge in [-0.25, -0.2) is 9.78 Å². The van der Waals surface area contributed by atoms with Crippen LogP contribution in [-0.2, 0) is 0 Å². The fraction of sp³-hybridized carbons (Fsp3) is 0.222. The fourth-order valence-corrected chi connectivity index (χ4v) is 1.51. The third kappa shape index (κ3) is 1.06. The molecule has 0 amide bonds. The van der Waals surface area contributed by atoms with Gasteiger partial charge < -0.3 is 5.11 Å². The van der Waals surface area contributed by atoms with Crippen LogP contribution in [0.25, 0.3) is 5.65 Å². The van der Waals surface area contributed by atoms with Gasteiger partial charge in [-0.15, -0.1) is 0 Å². The Morgan fingerprint density at radius 2 is 2.14 bits per heavy atom. The number of hydrogen-bond acceptors (Lipinski definition) is 3. The van der Waals surface area contributed by atoms with Crippen molar-refractivity contribution in [1.29, 1.82) is 0 Å². The van der Waals surface area contributed by atoms with Crippen LogP contribution in [0.4, 0.5) is 0 Å². The first-order valence-corrected chi connectivity index (χ1v) is 4.14. The van der Waals surface area contributed by atoms with Crippen LogP contribution in [0.5, 0.6) is 0 Å². The molecule has 1 N–H and O–H groups in total. The summed E-state index contributed by atoms with van der Waals surface area (Å²) >= 11 is 0. The van der Waals surface area contributed by atoms with Crippen molar-refractivity contribution in [3.63, 3.8) is 0 Å². The second-order valence-corrected chi connectivity index (χ2v) is 3.09. The summed E-state index contributed by atoms with van der Waals surface area (Å²) in [7, 11) is 0. The number of rotatable bonds is 1. The van der Waals surface area contributed by atoms with Gasteiger partial charge in [-0.05, 0) is 13.8 Å². The van der Waals surface area contributed by atoms with Crippen LogP contribution in [-0.4, -0.2) is 25.4 Å². The molecule has 0 unspecified atom stereocenters. The van der Waals surface area contributed by atoms with E-state index >= 15 is 0 Å². The first-order valence-electron chi connectivity index (χ1n) is 4.14. The third-order valence-corrected chi connectivity index (χ3v) is 2.08. The highest BCUT2D eigenvalue weighted by atomic mass is 16.4. The maximum absolute atomic E-state index is 11.0. The predicted molar refractivity (Wildman–Crippen MR) is 49.4 cm³/mol. The Labute approximate surface area is 80.0 Å². The Morgan fingerprint density at radius 3 is 2.79 bits per heavy atom. The molecule has 0 aliphatic rings. The molecule has 2 heterocycles. The summed E-state index contributed by atoms with van der Waals surface area (Å²) in [6.07, 6.45) is 3.16. The molecule has 5 heteroatoms. The average molecular weight is 191 g/mol. The quantitative estimate of drug-likeness (QED) is 0.731. The minimum absolute atomic E-state index is 0.208. The van der Waals surface area contributed by atoms with Crippen LogP contribution in [0.3, 0.4) is 0 Å². The maximum atomic E-state index is 11.0. The predicted octanol–water partition coefficient (Wildman–Crippen LogP) is 1.04. The fourth-order valence-electron chi connectivity index (χ4n) is 1.51. The van der Waals surface area contributed by atoms with E-state index in [4.69, 9.17) is 5.11 Å². The number of imidazole rings is 1. The van der Waals surface area contributed by atoms with Crippen molar-refractivity contribution < 1.29 is 9.90 Å². The first kappa shape index (κ1) is 8.68. The lowest BCUT2D eigenvalue weighted by atomic mass is 10.3. The van der Waals surface area contributed by atoms with Crippen molar-refractivity contribution >= 4 is 11.6 Å². The molecule has 0 fully saturated rings. The van der Waals surface area contributed by atoms with E-state index in [9.17, 15) is 4.79 Å². The number of nitrogens with zero attached hydrogens (tertiary/aromatic N) is 3. The molecule has 2 aromatic heterocycles. The van der Waals surface area contributed by atoms with Gasteiger partial charge in [-0.2, -0.15) is 0 Å². The summed E-state index contributed by atoms with van der Waals surface area (Å²) < 4.78 is 1.59. The van der Waals surface area contributed by atoms with Gasteiger partial charge in [-0.3, -0.25) is 9.38 Å². The molecule has 0 bridgehead atoms. The number of aromatic nitrogens is 3. The molecular weight excluding hydrogens is 182 g/mol. The molecule has 5 nitrogen and oxygen atoms in total. The van der Waals surface area contributed by atoms with Gasteiger partial charge in [0.1, 0.15) is 0 Å². The summed E-state index contributed by atoms with van der Waals surface area (Å²) in [5.41, 5.74) is 2.05. The van der Waals surface area contributed by atoms with Crippen molar-refractivity contribution in [1.82, 2.24) is 14.4 Å². The number of carboxylic acids is 1. The van der Waals surface area contributed by atoms with Crippen LogP contribution in [0.1, 0.15) is 21.9 Å². The van der Waals surface area contributed by atoms with E-state index < -0.39 is 5.97 Å². The van der Waals surface area contributed by atoms with E-state index in [1.807, 2.05) is 0 Å². The minimum Gasteiger partial charge on any atom is -0.477 e. The Hall–Kier alpha value is -1.91. The number of fused-ring (bicyclic) bond motifs is 1. The normalized spacial score (nSPS) is 10.7. The summed E-state index contributed by atoms with van der Waals surface area (Å²) in [6.45, 7) is 3.48. The molecule has 0 atom stereocenters. The Morgan fingerprint density at radius 1 is 1.43 bits per heavy atom. The van der Waals surface area contributed by atoms with Crippen molar-refractivity contribution in [2.75, 3.05) is 0 Å². The summed E-state index contributed by atoms with van der Waals surface area (Å²) in [6, 6.07) is 0. The molecule has 0 spiro atoms. The number of hydrogen-bond donors (Lipinski definition) is 1. The lowest BCUT2D eigenvalue weighted by Gasteiger charge is -2.00.